The monoisotopic (exact) mass is 314 g/mol. The fourth-order valence-electron chi connectivity index (χ4n) is 3.79. The average Bonchev–Trinajstić information content (AvgIpc) is 3.09. The van der Waals surface area contributed by atoms with Gasteiger partial charge in [-0.3, -0.25) is 15.0 Å². The van der Waals surface area contributed by atoms with E-state index in [1.165, 1.54) is 31.7 Å². The molecule has 1 aromatic rings. The van der Waals surface area contributed by atoms with Crippen LogP contribution in [0, 0.1) is 21.4 Å². The Labute approximate surface area is 136 Å². The number of hydrogen-bond donors (Lipinski definition) is 0. The molecule has 0 N–H and O–H groups in total. The van der Waals surface area contributed by atoms with E-state index in [2.05, 4.69) is 9.80 Å². The summed E-state index contributed by atoms with van der Waals surface area (Å²) in [4.78, 5) is 15.5. The first kappa shape index (κ1) is 15.8. The molecule has 2 fully saturated rings. The molecule has 0 aromatic heterocycles. The van der Waals surface area contributed by atoms with E-state index in [0.717, 1.165) is 37.9 Å². The summed E-state index contributed by atoms with van der Waals surface area (Å²) in [5, 5.41) is 19.9. The lowest BCUT2D eigenvalue weighted by molar-refractivity contribution is -0.385. The molecule has 6 heteroatoms. The van der Waals surface area contributed by atoms with Gasteiger partial charge < -0.3 is 4.90 Å². The molecule has 1 saturated heterocycles. The quantitative estimate of drug-likeness (QED) is 0.631. The van der Waals surface area contributed by atoms with Gasteiger partial charge in [0.2, 0.25) is 0 Å². The normalized spacial score (nSPS) is 19.7. The van der Waals surface area contributed by atoms with Gasteiger partial charge in [-0.15, -0.1) is 0 Å². The summed E-state index contributed by atoms with van der Waals surface area (Å²) in [6.07, 6.45) is 5.43. The second-order valence-corrected chi connectivity index (χ2v) is 6.37. The van der Waals surface area contributed by atoms with Crippen LogP contribution in [0.4, 0.5) is 11.4 Å². The van der Waals surface area contributed by atoms with Gasteiger partial charge in [-0.05, 0) is 25.0 Å². The van der Waals surface area contributed by atoms with Crippen molar-refractivity contribution in [2.24, 2.45) is 0 Å². The van der Waals surface area contributed by atoms with Crippen LogP contribution in [0.1, 0.15) is 31.2 Å². The zero-order chi connectivity index (χ0) is 16.2. The molecule has 6 nitrogen and oxygen atoms in total. The maximum atomic E-state index is 11.1. The number of rotatable bonds is 4. The van der Waals surface area contributed by atoms with Crippen LogP contribution in [0.15, 0.2) is 18.2 Å². The van der Waals surface area contributed by atoms with Crippen molar-refractivity contribution in [1.82, 2.24) is 4.90 Å². The number of piperazine rings is 1. The number of benzene rings is 1. The molecule has 1 aromatic carbocycles. The Bertz CT molecular complexity index is 612. The summed E-state index contributed by atoms with van der Waals surface area (Å²) in [5.41, 5.74) is 1.54. The minimum Gasteiger partial charge on any atom is -0.369 e. The molecule has 1 heterocycles. The first-order valence-corrected chi connectivity index (χ1v) is 8.32. The molecular formula is C17H22N4O2. The fraction of sp³-hybridized carbons (Fsp3) is 0.588. The maximum absolute atomic E-state index is 11.1. The van der Waals surface area contributed by atoms with Crippen molar-refractivity contribution in [2.45, 2.75) is 38.1 Å². The van der Waals surface area contributed by atoms with E-state index in [9.17, 15) is 10.1 Å². The molecule has 1 aliphatic carbocycles. The van der Waals surface area contributed by atoms with Crippen LogP contribution >= 0.6 is 0 Å². The number of nitrogens with zero attached hydrogens (tertiary/aromatic N) is 4. The van der Waals surface area contributed by atoms with Crippen molar-refractivity contribution < 1.29 is 4.92 Å². The van der Waals surface area contributed by atoms with E-state index in [1.54, 1.807) is 0 Å². The summed E-state index contributed by atoms with van der Waals surface area (Å²) < 4.78 is 0. The van der Waals surface area contributed by atoms with Crippen molar-refractivity contribution in [2.75, 3.05) is 31.1 Å². The van der Waals surface area contributed by atoms with E-state index in [0.29, 0.717) is 5.56 Å². The number of hydrogen-bond acceptors (Lipinski definition) is 5. The van der Waals surface area contributed by atoms with Gasteiger partial charge in [-0.2, -0.15) is 5.26 Å². The van der Waals surface area contributed by atoms with Gasteiger partial charge in [-0.25, -0.2) is 0 Å². The van der Waals surface area contributed by atoms with Crippen molar-refractivity contribution in [3.63, 3.8) is 0 Å². The lowest BCUT2D eigenvalue weighted by atomic mass is 10.1. The van der Waals surface area contributed by atoms with E-state index in [-0.39, 0.29) is 12.1 Å². The number of nitro groups is 1. The second kappa shape index (κ2) is 6.97. The third kappa shape index (κ3) is 3.45. The Balaban J connectivity index is 1.69. The van der Waals surface area contributed by atoms with Crippen molar-refractivity contribution >= 4 is 11.4 Å². The molecule has 0 radical (unpaired) electrons. The molecule has 122 valence electrons. The third-order valence-corrected chi connectivity index (χ3v) is 5.05. The van der Waals surface area contributed by atoms with E-state index >= 15 is 0 Å². The highest BCUT2D eigenvalue weighted by Crippen LogP contribution is 2.28. The summed E-state index contributed by atoms with van der Waals surface area (Å²) in [7, 11) is 0. The van der Waals surface area contributed by atoms with Crippen LogP contribution in [0.3, 0.4) is 0 Å². The Morgan fingerprint density at radius 1 is 1.22 bits per heavy atom. The predicted octanol–water partition coefficient (Wildman–Crippen LogP) is 2.73. The topological polar surface area (TPSA) is 73.4 Å². The van der Waals surface area contributed by atoms with E-state index < -0.39 is 4.92 Å². The Morgan fingerprint density at radius 3 is 2.52 bits per heavy atom. The molecule has 3 rings (SSSR count). The van der Waals surface area contributed by atoms with Crippen LogP contribution in [0.2, 0.25) is 0 Å². The van der Waals surface area contributed by atoms with Crippen LogP contribution in [-0.4, -0.2) is 42.0 Å². The van der Waals surface area contributed by atoms with Gasteiger partial charge in [0.15, 0.2) is 0 Å². The Hall–Kier alpha value is -2.13. The predicted molar refractivity (Wildman–Crippen MR) is 88.5 cm³/mol. The Morgan fingerprint density at radius 2 is 1.91 bits per heavy atom. The SMILES string of the molecule is N#CCc1cc(N2CCN(C3CCCC3)CC2)ccc1[N+](=O)[O-]. The number of nitriles is 1. The summed E-state index contributed by atoms with van der Waals surface area (Å²) >= 11 is 0. The molecule has 2 aliphatic rings. The fourth-order valence-corrected chi connectivity index (χ4v) is 3.79. The molecule has 0 atom stereocenters. The van der Waals surface area contributed by atoms with Gasteiger partial charge in [-0.1, -0.05) is 12.8 Å². The molecule has 1 aliphatic heterocycles. The molecule has 0 spiro atoms. The van der Waals surface area contributed by atoms with Gasteiger partial charge in [0.25, 0.3) is 5.69 Å². The molecule has 1 saturated carbocycles. The zero-order valence-corrected chi connectivity index (χ0v) is 13.3. The lowest BCUT2D eigenvalue weighted by Crippen LogP contribution is -2.49. The molecule has 0 bridgehead atoms. The minimum atomic E-state index is -0.408. The molecule has 0 unspecified atom stereocenters. The highest BCUT2D eigenvalue weighted by molar-refractivity contribution is 5.56. The highest BCUT2D eigenvalue weighted by Gasteiger charge is 2.26. The maximum Gasteiger partial charge on any atom is 0.273 e. The Kier molecular flexibility index (Phi) is 4.77. The summed E-state index contributed by atoms with van der Waals surface area (Å²) in [5.74, 6) is 0. The van der Waals surface area contributed by atoms with Gasteiger partial charge in [0, 0.05) is 49.5 Å². The minimum absolute atomic E-state index is 0.0416. The summed E-state index contributed by atoms with van der Waals surface area (Å²) in [6, 6.07) is 7.93. The lowest BCUT2D eigenvalue weighted by Gasteiger charge is -2.39. The zero-order valence-electron chi connectivity index (χ0n) is 13.3. The van der Waals surface area contributed by atoms with Gasteiger partial charge in [0.1, 0.15) is 0 Å². The number of anilines is 1. The second-order valence-electron chi connectivity index (χ2n) is 6.37. The van der Waals surface area contributed by atoms with E-state index in [1.807, 2.05) is 18.2 Å². The molecule has 23 heavy (non-hydrogen) atoms. The van der Waals surface area contributed by atoms with Crippen molar-refractivity contribution in [3.8, 4) is 6.07 Å². The number of nitro benzene ring substituents is 1. The highest BCUT2D eigenvalue weighted by atomic mass is 16.6. The van der Waals surface area contributed by atoms with Crippen LogP contribution in [0.5, 0.6) is 0 Å². The largest absolute Gasteiger partial charge is 0.369 e. The molecule has 0 amide bonds. The molecular weight excluding hydrogens is 292 g/mol. The summed E-state index contributed by atoms with van der Waals surface area (Å²) in [6.45, 7) is 3.99. The van der Waals surface area contributed by atoms with Crippen LogP contribution < -0.4 is 4.90 Å². The average molecular weight is 314 g/mol. The standard InChI is InChI=1S/C17H22N4O2/c18-8-7-14-13-16(5-6-17(14)21(22)23)20-11-9-19(10-12-20)15-3-1-2-4-15/h5-6,13,15H,1-4,7,9-12H2. The van der Waals surface area contributed by atoms with Crippen LogP contribution in [-0.2, 0) is 6.42 Å². The van der Waals surface area contributed by atoms with Crippen LogP contribution in [0.25, 0.3) is 0 Å². The van der Waals surface area contributed by atoms with Gasteiger partial charge in [0.05, 0.1) is 17.4 Å². The van der Waals surface area contributed by atoms with Crippen molar-refractivity contribution in [1.29, 1.82) is 5.26 Å². The first-order chi connectivity index (χ1) is 11.2. The third-order valence-electron chi connectivity index (χ3n) is 5.05. The smallest absolute Gasteiger partial charge is 0.273 e. The van der Waals surface area contributed by atoms with E-state index in [4.69, 9.17) is 5.26 Å². The first-order valence-electron chi connectivity index (χ1n) is 8.32. The van der Waals surface area contributed by atoms with Crippen molar-refractivity contribution in [3.05, 3.63) is 33.9 Å². The van der Waals surface area contributed by atoms with Gasteiger partial charge >= 0.3 is 0 Å².